The molecular weight excluding hydrogens is 456 g/mol. The molecule has 1 N–H and O–H groups in total. The minimum atomic E-state index is -0.103. The molecule has 6 nitrogen and oxygen atoms in total. The first kappa shape index (κ1) is 22.0. The van der Waals surface area contributed by atoms with Crippen molar-refractivity contribution in [3.63, 3.8) is 0 Å². The Morgan fingerprint density at radius 3 is 2.48 bits per heavy atom. The number of carbonyl (C=O) groups is 2. The molecule has 4 rings (SSSR count). The van der Waals surface area contributed by atoms with Crippen molar-refractivity contribution in [3.8, 4) is 0 Å². The van der Waals surface area contributed by atoms with Crippen LogP contribution in [0.1, 0.15) is 15.9 Å². The van der Waals surface area contributed by atoms with Gasteiger partial charge in [-0.1, -0.05) is 34.1 Å². The first-order valence-corrected chi connectivity index (χ1v) is 11.6. The van der Waals surface area contributed by atoms with E-state index in [1.807, 2.05) is 47.4 Å². The Balaban J connectivity index is 1.25. The van der Waals surface area contributed by atoms with Gasteiger partial charge in [-0.2, -0.15) is 0 Å². The second-order valence-corrected chi connectivity index (χ2v) is 9.42. The van der Waals surface area contributed by atoms with Crippen LogP contribution < -0.4 is 5.32 Å². The molecule has 0 atom stereocenters. The number of rotatable bonds is 6. The van der Waals surface area contributed by atoms with Crippen LogP contribution in [-0.4, -0.2) is 79.4 Å². The largest absolute Gasteiger partial charge is 0.340 e. The van der Waals surface area contributed by atoms with Crippen molar-refractivity contribution in [1.82, 2.24) is 14.7 Å². The normalized spacial score (nSPS) is 17.9. The van der Waals surface area contributed by atoms with Crippen molar-refractivity contribution in [1.29, 1.82) is 0 Å². The van der Waals surface area contributed by atoms with E-state index in [0.29, 0.717) is 11.5 Å². The molecule has 2 fully saturated rings. The van der Waals surface area contributed by atoms with E-state index in [1.165, 1.54) is 0 Å². The number of carbonyl (C=O) groups excluding carboxylic acids is 2. The number of nitrogens with zero attached hydrogens (tertiary/aromatic N) is 3. The van der Waals surface area contributed by atoms with Crippen LogP contribution in [-0.2, 0) is 11.2 Å². The average molecular weight is 485 g/mol. The molecule has 0 radical (unpaired) electrons. The van der Waals surface area contributed by atoms with E-state index in [4.69, 9.17) is 0 Å². The molecular formula is C24H29BrN4O2. The van der Waals surface area contributed by atoms with Gasteiger partial charge in [0.05, 0.1) is 5.92 Å². The lowest BCUT2D eigenvalue weighted by Crippen LogP contribution is -2.56. The van der Waals surface area contributed by atoms with Crippen molar-refractivity contribution in [2.45, 2.75) is 6.42 Å². The second kappa shape index (κ2) is 9.94. The lowest BCUT2D eigenvalue weighted by Gasteiger charge is -2.41. The zero-order valence-corrected chi connectivity index (χ0v) is 19.5. The van der Waals surface area contributed by atoms with Crippen LogP contribution in [0.25, 0.3) is 0 Å². The van der Waals surface area contributed by atoms with E-state index < -0.39 is 0 Å². The number of benzene rings is 2. The lowest BCUT2D eigenvalue weighted by atomic mass is 9.99. The smallest absolute Gasteiger partial charge is 0.255 e. The standard InChI is InChI=1S/C24H29BrN4O2/c1-27-16-20(17-27)24(31)29-12-10-28(11-13-29)9-8-18-4-2-5-19(14-18)23(30)26-22-7-3-6-21(25)15-22/h2-7,14-15,20H,8-13,16-17H2,1H3,(H,26,30). The molecule has 31 heavy (non-hydrogen) atoms. The van der Waals surface area contributed by atoms with E-state index >= 15 is 0 Å². The zero-order chi connectivity index (χ0) is 21.8. The number of halogens is 1. The highest BCUT2D eigenvalue weighted by molar-refractivity contribution is 9.10. The summed E-state index contributed by atoms with van der Waals surface area (Å²) < 4.78 is 0.931. The number of amides is 2. The third kappa shape index (κ3) is 5.73. The third-order valence-electron chi connectivity index (χ3n) is 6.09. The first-order valence-electron chi connectivity index (χ1n) is 10.8. The minimum Gasteiger partial charge on any atom is -0.340 e. The Morgan fingerprint density at radius 1 is 1.03 bits per heavy atom. The van der Waals surface area contributed by atoms with Gasteiger partial charge in [-0.3, -0.25) is 14.5 Å². The maximum Gasteiger partial charge on any atom is 0.255 e. The van der Waals surface area contributed by atoms with Crippen LogP contribution in [0.3, 0.4) is 0 Å². The molecule has 0 saturated carbocycles. The summed E-state index contributed by atoms with van der Waals surface area (Å²) in [5.41, 5.74) is 2.59. The van der Waals surface area contributed by atoms with Crippen molar-refractivity contribution in [3.05, 3.63) is 64.1 Å². The predicted octanol–water partition coefficient (Wildman–Crippen LogP) is 2.95. The Hall–Kier alpha value is -2.22. The quantitative estimate of drug-likeness (QED) is 0.684. The summed E-state index contributed by atoms with van der Waals surface area (Å²) in [6, 6.07) is 15.4. The van der Waals surface area contributed by atoms with Gasteiger partial charge in [-0.15, -0.1) is 0 Å². The van der Waals surface area contributed by atoms with Crippen molar-refractivity contribution in [2.75, 3.05) is 58.2 Å². The van der Waals surface area contributed by atoms with E-state index in [0.717, 1.165) is 68.0 Å². The molecule has 2 heterocycles. The topological polar surface area (TPSA) is 55.9 Å². The Bertz CT molecular complexity index is 937. The molecule has 0 spiro atoms. The third-order valence-corrected chi connectivity index (χ3v) is 6.58. The Kier molecular flexibility index (Phi) is 7.05. The van der Waals surface area contributed by atoms with Gasteiger partial charge in [-0.05, 0) is 49.4 Å². The summed E-state index contributed by atoms with van der Waals surface area (Å²) >= 11 is 3.43. The number of hydrogen-bond acceptors (Lipinski definition) is 4. The highest BCUT2D eigenvalue weighted by atomic mass is 79.9. The fourth-order valence-electron chi connectivity index (χ4n) is 4.23. The van der Waals surface area contributed by atoms with Crippen LogP contribution in [0.2, 0.25) is 0 Å². The minimum absolute atomic E-state index is 0.103. The highest BCUT2D eigenvalue weighted by Crippen LogP contribution is 2.18. The van der Waals surface area contributed by atoms with E-state index in [2.05, 4.69) is 44.2 Å². The molecule has 7 heteroatoms. The van der Waals surface area contributed by atoms with Crippen molar-refractivity contribution in [2.24, 2.45) is 5.92 Å². The van der Waals surface area contributed by atoms with Gasteiger partial charge in [-0.25, -0.2) is 0 Å². The maximum atomic E-state index is 12.6. The summed E-state index contributed by atoms with van der Waals surface area (Å²) in [4.78, 5) is 31.7. The van der Waals surface area contributed by atoms with Crippen LogP contribution in [0.15, 0.2) is 53.0 Å². The zero-order valence-electron chi connectivity index (χ0n) is 17.9. The Labute approximate surface area is 192 Å². The van der Waals surface area contributed by atoms with Gasteiger partial charge in [0.25, 0.3) is 5.91 Å². The van der Waals surface area contributed by atoms with Crippen LogP contribution >= 0.6 is 15.9 Å². The van der Waals surface area contributed by atoms with Gasteiger partial charge in [0.1, 0.15) is 0 Å². The lowest BCUT2D eigenvalue weighted by molar-refractivity contribution is -0.142. The SMILES string of the molecule is CN1CC(C(=O)N2CCN(CCc3cccc(C(=O)Nc4cccc(Br)c4)c3)CC2)C1. The molecule has 164 valence electrons. The molecule has 0 aliphatic carbocycles. The van der Waals surface area contributed by atoms with Gasteiger partial charge in [0.2, 0.25) is 5.91 Å². The summed E-state index contributed by atoms with van der Waals surface area (Å²) in [7, 11) is 2.06. The van der Waals surface area contributed by atoms with Crippen LogP contribution in [0.4, 0.5) is 5.69 Å². The number of nitrogens with one attached hydrogen (secondary N) is 1. The summed E-state index contributed by atoms with van der Waals surface area (Å²) in [6.07, 6.45) is 0.888. The van der Waals surface area contributed by atoms with E-state index in [-0.39, 0.29) is 11.8 Å². The number of piperazine rings is 1. The molecule has 2 aliphatic heterocycles. The molecule has 0 unspecified atom stereocenters. The van der Waals surface area contributed by atoms with Gasteiger partial charge in [0.15, 0.2) is 0 Å². The molecule has 0 aromatic heterocycles. The van der Waals surface area contributed by atoms with E-state index in [9.17, 15) is 9.59 Å². The van der Waals surface area contributed by atoms with Gasteiger partial charge >= 0.3 is 0 Å². The van der Waals surface area contributed by atoms with E-state index in [1.54, 1.807) is 0 Å². The summed E-state index contributed by atoms with van der Waals surface area (Å²) in [5, 5.41) is 2.95. The first-order chi connectivity index (χ1) is 15.0. The maximum absolute atomic E-state index is 12.6. The van der Waals surface area contributed by atoms with Crippen LogP contribution in [0, 0.1) is 5.92 Å². The fourth-order valence-corrected chi connectivity index (χ4v) is 4.63. The van der Waals surface area contributed by atoms with Crippen molar-refractivity contribution >= 4 is 33.4 Å². The number of hydrogen-bond donors (Lipinski definition) is 1. The van der Waals surface area contributed by atoms with Crippen LogP contribution in [0.5, 0.6) is 0 Å². The monoisotopic (exact) mass is 484 g/mol. The Morgan fingerprint density at radius 2 is 1.77 bits per heavy atom. The molecule has 2 amide bonds. The molecule has 2 aliphatic rings. The molecule has 2 saturated heterocycles. The second-order valence-electron chi connectivity index (χ2n) is 8.50. The average Bonchev–Trinajstić information content (AvgIpc) is 2.75. The molecule has 0 bridgehead atoms. The highest BCUT2D eigenvalue weighted by Gasteiger charge is 2.34. The van der Waals surface area contributed by atoms with Gasteiger partial charge < -0.3 is 15.1 Å². The number of likely N-dealkylation sites (tertiary alicyclic amines) is 1. The predicted molar refractivity (Wildman–Crippen MR) is 126 cm³/mol. The summed E-state index contributed by atoms with van der Waals surface area (Å²) in [5.74, 6) is 0.415. The molecule has 2 aromatic rings. The van der Waals surface area contributed by atoms with Gasteiger partial charge in [0, 0.05) is 61.5 Å². The fraction of sp³-hybridized carbons (Fsp3) is 0.417. The summed E-state index contributed by atoms with van der Waals surface area (Å²) in [6.45, 7) is 6.18. The van der Waals surface area contributed by atoms with Crippen molar-refractivity contribution < 1.29 is 9.59 Å². The number of anilines is 1. The molecule has 2 aromatic carbocycles.